The van der Waals surface area contributed by atoms with Gasteiger partial charge in [0, 0.05) is 20.9 Å². The lowest BCUT2D eigenvalue weighted by Crippen LogP contribution is -1.89. The molecule has 3 rings (SSSR count). The van der Waals surface area contributed by atoms with E-state index in [4.69, 9.17) is 10.2 Å². The minimum absolute atomic E-state index is 0.329. The molecule has 3 aromatic rings. The van der Waals surface area contributed by atoms with E-state index in [1.807, 2.05) is 12.1 Å². The van der Waals surface area contributed by atoms with Gasteiger partial charge in [-0.15, -0.1) is 0 Å². The Morgan fingerprint density at radius 1 is 1.17 bits per heavy atom. The van der Waals surface area contributed by atoms with Crippen LogP contribution >= 0.6 is 22.6 Å². The summed E-state index contributed by atoms with van der Waals surface area (Å²) in [5, 5.41) is 0. The number of benzene rings is 2. The highest BCUT2D eigenvalue weighted by Gasteiger charge is 2.09. The molecule has 0 aliphatic carbocycles. The number of anilines is 1. The second-order valence-electron chi connectivity index (χ2n) is 3.87. The summed E-state index contributed by atoms with van der Waals surface area (Å²) in [7, 11) is 0. The molecule has 0 spiro atoms. The van der Waals surface area contributed by atoms with E-state index < -0.39 is 0 Å². The van der Waals surface area contributed by atoms with Crippen LogP contribution in [-0.2, 0) is 0 Å². The second kappa shape index (κ2) is 4.24. The van der Waals surface area contributed by atoms with Gasteiger partial charge in [0.2, 0.25) is 5.89 Å². The number of halogens is 2. The number of nitrogens with two attached hydrogens (primary N) is 1. The average molecular weight is 354 g/mol. The standard InChI is InChI=1S/C13H8FIN2O/c14-8-2-4-12-11(6-8)17-13(18-12)7-1-3-9(15)10(16)5-7/h1-6H,16H2. The van der Waals surface area contributed by atoms with E-state index in [0.717, 1.165) is 9.13 Å². The third kappa shape index (κ3) is 1.94. The Labute approximate surface area is 116 Å². The van der Waals surface area contributed by atoms with Gasteiger partial charge < -0.3 is 10.2 Å². The number of oxazole rings is 1. The predicted molar refractivity (Wildman–Crippen MR) is 76.5 cm³/mol. The molecule has 0 bridgehead atoms. The molecule has 5 heteroatoms. The lowest BCUT2D eigenvalue weighted by Gasteiger charge is -1.99. The van der Waals surface area contributed by atoms with Crippen molar-refractivity contribution in [2.45, 2.75) is 0 Å². The molecule has 0 atom stereocenters. The van der Waals surface area contributed by atoms with E-state index in [1.54, 1.807) is 12.1 Å². The molecular weight excluding hydrogens is 346 g/mol. The Bertz CT molecular complexity index is 739. The molecule has 0 fully saturated rings. The minimum atomic E-state index is -0.329. The highest BCUT2D eigenvalue weighted by molar-refractivity contribution is 14.1. The van der Waals surface area contributed by atoms with Gasteiger partial charge in [0.15, 0.2) is 5.58 Å². The molecule has 2 N–H and O–H groups in total. The number of fused-ring (bicyclic) bond motifs is 1. The molecule has 0 amide bonds. The van der Waals surface area contributed by atoms with Crippen molar-refractivity contribution in [3.63, 3.8) is 0 Å². The van der Waals surface area contributed by atoms with Crippen molar-refractivity contribution in [1.82, 2.24) is 4.98 Å². The van der Waals surface area contributed by atoms with Gasteiger partial charge in [-0.1, -0.05) is 0 Å². The predicted octanol–water partition coefficient (Wildman–Crippen LogP) is 3.82. The summed E-state index contributed by atoms with van der Waals surface area (Å²) in [4.78, 5) is 4.25. The van der Waals surface area contributed by atoms with Gasteiger partial charge in [0.25, 0.3) is 0 Å². The average Bonchev–Trinajstić information content (AvgIpc) is 2.75. The van der Waals surface area contributed by atoms with Crippen LogP contribution in [0.25, 0.3) is 22.6 Å². The van der Waals surface area contributed by atoms with Crippen molar-refractivity contribution >= 4 is 39.4 Å². The molecule has 1 aromatic heterocycles. The summed E-state index contributed by atoms with van der Waals surface area (Å²) in [6, 6.07) is 9.82. The van der Waals surface area contributed by atoms with Crippen molar-refractivity contribution in [3.8, 4) is 11.5 Å². The summed E-state index contributed by atoms with van der Waals surface area (Å²) in [5.74, 6) is 0.114. The van der Waals surface area contributed by atoms with Crippen LogP contribution in [0.1, 0.15) is 0 Å². The van der Waals surface area contributed by atoms with E-state index in [2.05, 4.69) is 27.6 Å². The fraction of sp³-hybridized carbons (Fsp3) is 0. The highest BCUT2D eigenvalue weighted by atomic mass is 127. The first-order chi connectivity index (χ1) is 8.63. The molecule has 2 aromatic carbocycles. The molecular formula is C13H8FIN2O. The Morgan fingerprint density at radius 2 is 2.00 bits per heavy atom. The van der Waals surface area contributed by atoms with Crippen molar-refractivity contribution < 1.29 is 8.81 Å². The van der Waals surface area contributed by atoms with E-state index in [-0.39, 0.29) is 5.82 Å². The van der Waals surface area contributed by atoms with Crippen molar-refractivity contribution in [1.29, 1.82) is 0 Å². The SMILES string of the molecule is Nc1cc(-c2nc3cc(F)ccc3o2)ccc1I. The highest BCUT2D eigenvalue weighted by Crippen LogP contribution is 2.27. The number of hydrogen-bond acceptors (Lipinski definition) is 3. The van der Waals surface area contributed by atoms with E-state index in [0.29, 0.717) is 22.7 Å². The Kier molecular flexibility index (Phi) is 2.70. The zero-order valence-corrected chi connectivity index (χ0v) is 11.3. The summed E-state index contributed by atoms with van der Waals surface area (Å²) < 4.78 is 19.6. The zero-order valence-electron chi connectivity index (χ0n) is 9.15. The summed E-state index contributed by atoms with van der Waals surface area (Å²) in [6.07, 6.45) is 0. The third-order valence-electron chi connectivity index (χ3n) is 2.59. The van der Waals surface area contributed by atoms with Crippen molar-refractivity contribution in [3.05, 3.63) is 45.8 Å². The molecule has 0 radical (unpaired) electrons. The molecule has 0 saturated carbocycles. The van der Waals surface area contributed by atoms with Gasteiger partial charge in [-0.3, -0.25) is 0 Å². The molecule has 0 unspecified atom stereocenters. The summed E-state index contributed by atoms with van der Waals surface area (Å²) >= 11 is 2.15. The molecule has 0 aliphatic rings. The van der Waals surface area contributed by atoms with Gasteiger partial charge >= 0.3 is 0 Å². The van der Waals surface area contributed by atoms with Gasteiger partial charge in [0.1, 0.15) is 11.3 Å². The molecule has 90 valence electrons. The minimum Gasteiger partial charge on any atom is -0.436 e. The van der Waals surface area contributed by atoms with Crippen LogP contribution < -0.4 is 5.73 Å². The number of aromatic nitrogens is 1. The lowest BCUT2D eigenvalue weighted by atomic mass is 10.2. The summed E-state index contributed by atoms with van der Waals surface area (Å²) in [6.45, 7) is 0. The zero-order chi connectivity index (χ0) is 12.7. The van der Waals surface area contributed by atoms with Crippen LogP contribution in [0.4, 0.5) is 10.1 Å². The number of rotatable bonds is 1. The normalized spacial score (nSPS) is 11.0. The second-order valence-corrected chi connectivity index (χ2v) is 5.03. The maximum atomic E-state index is 13.1. The van der Waals surface area contributed by atoms with Crippen molar-refractivity contribution in [2.24, 2.45) is 0 Å². The van der Waals surface area contributed by atoms with E-state index in [1.165, 1.54) is 12.1 Å². The Balaban J connectivity index is 2.16. The summed E-state index contributed by atoms with van der Waals surface area (Å²) in [5.41, 5.74) is 8.35. The van der Waals surface area contributed by atoms with Crippen LogP contribution in [0.3, 0.4) is 0 Å². The topological polar surface area (TPSA) is 52.0 Å². The maximum absolute atomic E-state index is 13.1. The molecule has 1 heterocycles. The largest absolute Gasteiger partial charge is 0.436 e. The van der Waals surface area contributed by atoms with Gasteiger partial charge in [-0.25, -0.2) is 9.37 Å². The van der Waals surface area contributed by atoms with E-state index in [9.17, 15) is 4.39 Å². The fourth-order valence-electron chi connectivity index (χ4n) is 1.70. The van der Waals surface area contributed by atoms with Crippen LogP contribution in [-0.4, -0.2) is 4.98 Å². The molecule has 18 heavy (non-hydrogen) atoms. The van der Waals surface area contributed by atoms with Crippen LogP contribution in [0.5, 0.6) is 0 Å². The van der Waals surface area contributed by atoms with E-state index >= 15 is 0 Å². The third-order valence-corrected chi connectivity index (χ3v) is 3.57. The number of nitrogens with zero attached hydrogens (tertiary/aromatic N) is 1. The van der Waals surface area contributed by atoms with Crippen LogP contribution in [0, 0.1) is 9.39 Å². The van der Waals surface area contributed by atoms with Crippen LogP contribution in [0.15, 0.2) is 40.8 Å². The molecule has 0 aliphatic heterocycles. The Morgan fingerprint density at radius 3 is 2.78 bits per heavy atom. The van der Waals surface area contributed by atoms with Gasteiger partial charge in [-0.05, 0) is 52.9 Å². The molecule has 0 saturated heterocycles. The maximum Gasteiger partial charge on any atom is 0.227 e. The fourth-order valence-corrected chi connectivity index (χ4v) is 2.04. The first-order valence-electron chi connectivity index (χ1n) is 5.25. The lowest BCUT2D eigenvalue weighted by molar-refractivity contribution is 0.614. The van der Waals surface area contributed by atoms with Crippen LogP contribution in [0.2, 0.25) is 0 Å². The smallest absolute Gasteiger partial charge is 0.227 e. The quantitative estimate of drug-likeness (QED) is 0.534. The van der Waals surface area contributed by atoms with Gasteiger partial charge in [-0.2, -0.15) is 0 Å². The first-order valence-corrected chi connectivity index (χ1v) is 6.33. The van der Waals surface area contributed by atoms with Crippen molar-refractivity contribution in [2.75, 3.05) is 5.73 Å². The first kappa shape index (κ1) is 11.5. The molecule has 3 nitrogen and oxygen atoms in total. The monoisotopic (exact) mass is 354 g/mol. The number of hydrogen-bond donors (Lipinski definition) is 1. The number of nitrogen functional groups attached to an aromatic ring is 1. The Hall–Kier alpha value is -1.63. The van der Waals surface area contributed by atoms with Gasteiger partial charge in [0.05, 0.1) is 0 Å².